The Bertz CT molecular complexity index is 290. The van der Waals surface area contributed by atoms with Crippen LogP contribution in [0.5, 0.6) is 0 Å². The minimum absolute atomic E-state index is 0.0361. The third-order valence-corrected chi connectivity index (χ3v) is 2.76. The van der Waals surface area contributed by atoms with Crippen molar-refractivity contribution in [2.75, 3.05) is 6.61 Å². The summed E-state index contributed by atoms with van der Waals surface area (Å²) in [6.07, 6.45) is 1.35. The van der Waals surface area contributed by atoms with E-state index in [4.69, 9.17) is 10.5 Å². The second-order valence-electron chi connectivity index (χ2n) is 5.64. The summed E-state index contributed by atoms with van der Waals surface area (Å²) in [5, 5.41) is 2.68. The Hall–Kier alpha value is -1.10. The molecule has 3 N–H and O–H groups in total. The third-order valence-electron chi connectivity index (χ3n) is 2.76. The fourth-order valence-corrected chi connectivity index (χ4v) is 1.46. The van der Waals surface area contributed by atoms with E-state index >= 15 is 0 Å². The molecule has 5 heteroatoms. The van der Waals surface area contributed by atoms with Gasteiger partial charge in [-0.25, -0.2) is 4.79 Å². The molecule has 0 unspecified atom stereocenters. The van der Waals surface area contributed by atoms with Gasteiger partial charge >= 0.3 is 5.97 Å². The van der Waals surface area contributed by atoms with E-state index in [1.165, 1.54) is 0 Å². The van der Waals surface area contributed by atoms with Gasteiger partial charge in [-0.1, -0.05) is 41.0 Å². The smallest absolute Gasteiger partial charge is 0.328 e. The molecule has 0 aromatic heterocycles. The molecular weight excluding hydrogens is 244 g/mol. The van der Waals surface area contributed by atoms with Gasteiger partial charge in [0.05, 0.1) is 12.6 Å². The van der Waals surface area contributed by atoms with Gasteiger partial charge in [0, 0.05) is 0 Å². The fourth-order valence-electron chi connectivity index (χ4n) is 1.46. The van der Waals surface area contributed by atoms with Crippen molar-refractivity contribution in [3.8, 4) is 0 Å². The number of esters is 1. The van der Waals surface area contributed by atoms with E-state index < -0.39 is 12.1 Å². The van der Waals surface area contributed by atoms with Crippen LogP contribution >= 0.6 is 0 Å². The van der Waals surface area contributed by atoms with E-state index in [1.54, 1.807) is 0 Å². The predicted octanol–water partition coefficient (Wildman–Crippen LogP) is 1.45. The van der Waals surface area contributed by atoms with Gasteiger partial charge in [-0.2, -0.15) is 0 Å². The molecule has 0 aliphatic rings. The van der Waals surface area contributed by atoms with Crippen molar-refractivity contribution in [3.63, 3.8) is 0 Å². The fraction of sp³-hybridized carbons (Fsp3) is 0.857. The summed E-state index contributed by atoms with van der Waals surface area (Å²) >= 11 is 0. The number of amides is 1. The Kier molecular flexibility index (Phi) is 8.39. The Morgan fingerprint density at radius 1 is 1.21 bits per heavy atom. The van der Waals surface area contributed by atoms with Crippen LogP contribution in [0.25, 0.3) is 0 Å². The molecule has 0 aromatic rings. The first-order valence-corrected chi connectivity index (χ1v) is 7.02. The van der Waals surface area contributed by atoms with Crippen LogP contribution in [-0.4, -0.2) is 30.6 Å². The van der Waals surface area contributed by atoms with Crippen LogP contribution in [0.1, 0.15) is 47.5 Å². The van der Waals surface area contributed by atoms with Crippen molar-refractivity contribution in [2.24, 2.45) is 17.6 Å². The molecule has 0 heterocycles. The highest BCUT2D eigenvalue weighted by atomic mass is 16.5. The number of nitrogens with two attached hydrogens (primary N) is 1. The third kappa shape index (κ3) is 7.15. The topological polar surface area (TPSA) is 81.4 Å². The van der Waals surface area contributed by atoms with Gasteiger partial charge in [0.25, 0.3) is 0 Å². The molecule has 1 amide bonds. The maximum absolute atomic E-state index is 11.9. The number of rotatable bonds is 8. The van der Waals surface area contributed by atoms with Crippen molar-refractivity contribution >= 4 is 11.9 Å². The van der Waals surface area contributed by atoms with E-state index in [9.17, 15) is 9.59 Å². The van der Waals surface area contributed by atoms with E-state index in [2.05, 4.69) is 5.32 Å². The number of hydrogen-bond acceptors (Lipinski definition) is 4. The molecule has 0 aliphatic heterocycles. The summed E-state index contributed by atoms with van der Waals surface area (Å²) in [6.45, 7) is 10.00. The van der Waals surface area contributed by atoms with Crippen LogP contribution in [0.3, 0.4) is 0 Å². The maximum atomic E-state index is 11.9. The highest BCUT2D eigenvalue weighted by molar-refractivity contribution is 5.87. The zero-order valence-electron chi connectivity index (χ0n) is 12.7. The molecule has 0 fully saturated rings. The number of carbonyl (C=O) groups is 2. The van der Waals surface area contributed by atoms with Gasteiger partial charge < -0.3 is 15.8 Å². The Morgan fingerprint density at radius 3 is 2.21 bits per heavy atom. The SMILES string of the molecule is CCC[C@H](NC(=O)[C@H](N)C(C)C)C(=O)OCC(C)C. The van der Waals surface area contributed by atoms with Crippen LogP contribution in [0.4, 0.5) is 0 Å². The zero-order chi connectivity index (χ0) is 15.0. The Balaban J connectivity index is 4.47. The van der Waals surface area contributed by atoms with Crippen LogP contribution < -0.4 is 11.1 Å². The number of ether oxygens (including phenoxy) is 1. The lowest BCUT2D eigenvalue weighted by atomic mass is 10.0. The normalized spacial score (nSPS) is 14.3. The maximum Gasteiger partial charge on any atom is 0.328 e. The van der Waals surface area contributed by atoms with Crippen LogP contribution in [0.15, 0.2) is 0 Å². The molecule has 0 bridgehead atoms. The molecule has 2 atom stereocenters. The predicted molar refractivity (Wildman–Crippen MR) is 75.4 cm³/mol. The largest absolute Gasteiger partial charge is 0.464 e. The number of hydrogen-bond donors (Lipinski definition) is 2. The van der Waals surface area contributed by atoms with Gasteiger partial charge in [0.2, 0.25) is 5.91 Å². The quantitative estimate of drug-likeness (QED) is 0.655. The molecule has 0 rings (SSSR count). The molecule has 0 spiro atoms. The van der Waals surface area contributed by atoms with Gasteiger partial charge in [0.1, 0.15) is 6.04 Å². The summed E-state index contributed by atoms with van der Waals surface area (Å²) < 4.78 is 5.16. The minimum Gasteiger partial charge on any atom is -0.464 e. The van der Waals surface area contributed by atoms with Gasteiger partial charge in [0.15, 0.2) is 0 Å². The number of carbonyl (C=O) groups excluding carboxylic acids is 2. The van der Waals surface area contributed by atoms with Crippen molar-refractivity contribution in [3.05, 3.63) is 0 Å². The average Bonchev–Trinajstić information content (AvgIpc) is 2.33. The van der Waals surface area contributed by atoms with E-state index in [1.807, 2.05) is 34.6 Å². The molecule has 0 aromatic carbocycles. The lowest BCUT2D eigenvalue weighted by Crippen LogP contribution is -2.50. The first kappa shape index (κ1) is 17.9. The van der Waals surface area contributed by atoms with Crippen molar-refractivity contribution in [2.45, 2.75) is 59.5 Å². The van der Waals surface area contributed by atoms with Gasteiger partial charge in [-0.05, 0) is 18.3 Å². The summed E-state index contributed by atoms with van der Waals surface area (Å²) in [6, 6.07) is -1.20. The summed E-state index contributed by atoms with van der Waals surface area (Å²) in [7, 11) is 0. The van der Waals surface area contributed by atoms with Crippen LogP contribution in [0.2, 0.25) is 0 Å². The molecule has 0 saturated heterocycles. The van der Waals surface area contributed by atoms with Gasteiger partial charge in [-0.15, -0.1) is 0 Å². The monoisotopic (exact) mass is 272 g/mol. The van der Waals surface area contributed by atoms with Crippen LogP contribution in [-0.2, 0) is 14.3 Å². The summed E-state index contributed by atoms with van der Waals surface area (Å²) in [5.74, 6) is -0.358. The molecule has 0 aliphatic carbocycles. The molecule has 112 valence electrons. The molecule has 0 saturated carbocycles. The minimum atomic E-state index is -0.600. The highest BCUT2D eigenvalue weighted by Gasteiger charge is 2.25. The zero-order valence-corrected chi connectivity index (χ0v) is 12.7. The highest BCUT2D eigenvalue weighted by Crippen LogP contribution is 2.04. The summed E-state index contributed by atoms with van der Waals surface area (Å²) in [5.41, 5.74) is 5.76. The van der Waals surface area contributed by atoms with E-state index in [0.717, 1.165) is 6.42 Å². The standard InChI is InChI=1S/C14H28N2O3/c1-6-7-11(14(18)19-8-9(2)3)16-13(17)12(15)10(4)5/h9-12H,6-8,15H2,1-5H3,(H,16,17)/t11-,12+/m0/s1. The van der Waals surface area contributed by atoms with Crippen molar-refractivity contribution in [1.82, 2.24) is 5.32 Å². The Labute approximate surface area is 116 Å². The lowest BCUT2D eigenvalue weighted by Gasteiger charge is -2.21. The van der Waals surface area contributed by atoms with Crippen molar-refractivity contribution < 1.29 is 14.3 Å². The molecule has 5 nitrogen and oxygen atoms in total. The van der Waals surface area contributed by atoms with E-state index in [-0.39, 0.29) is 23.7 Å². The van der Waals surface area contributed by atoms with Crippen LogP contribution in [0, 0.1) is 11.8 Å². The Morgan fingerprint density at radius 2 is 1.79 bits per heavy atom. The first-order chi connectivity index (χ1) is 8.79. The van der Waals surface area contributed by atoms with Gasteiger partial charge in [-0.3, -0.25) is 4.79 Å². The molecular formula is C14H28N2O3. The van der Waals surface area contributed by atoms with E-state index in [0.29, 0.717) is 13.0 Å². The van der Waals surface area contributed by atoms with Crippen molar-refractivity contribution in [1.29, 1.82) is 0 Å². The first-order valence-electron chi connectivity index (χ1n) is 7.02. The average molecular weight is 272 g/mol. The second-order valence-corrected chi connectivity index (χ2v) is 5.64. The number of nitrogens with one attached hydrogen (secondary N) is 1. The molecule has 19 heavy (non-hydrogen) atoms. The molecule has 0 radical (unpaired) electrons. The second kappa shape index (κ2) is 8.91. The lowest BCUT2D eigenvalue weighted by molar-refractivity contribution is -0.149. The summed E-state index contributed by atoms with van der Waals surface area (Å²) in [4.78, 5) is 23.8.